The van der Waals surface area contributed by atoms with Crippen LogP contribution in [0.3, 0.4) is 0 Å². The summed E-state index contributed by atoms with van der Waals surface area (Å²) in [6.45, 7) is 2.14. The molecule has 1 saturated heterocycles. The Kier molecular flexibility index (Phi) is 7.64. The predicted molar refractivity (Wildman–Crippen MR) is 171 cm³/mol. The molecule has 0 radical (unpaired) electrons. The van der Waals surface area contributed by atoms with Crippen molar-refractivity contribution in [1.82, 2.24) is 14.8 Å². The third-order valence-corrected chi connectivity index (χ3v) is 9.48. The van der Waals surface area contributed by atoms with E-state index in [1.54, 1.807) is 36.4 Å². The van der Waals surface area contributed by atoms with Crippen molar-refractivity contribution in [3.63, 3.8) is 0 Å². The van der Waals surface area contributed by atoms with Gasteiger partial charge < -0.3 is 20.5 Å². The average molecular weight is 595 g/mol. The van der Waals surface area contributed by atoms with Gasteiger partial charge in [0.25, 0.3) is 15.9 Å². The van der Waals surface area contributed by atoms with Crippen LogP contribution in [-0.2, 0) is 16.6 Å². The summed E-state index contributed by atoms with van der Waals surface area (Å²) in [5.41, 5.74) is 8.92. The Morgan fingerprint density at radius 2 is 1.65 bits per heavy atom. The Balaban J connectivity index is 1.43. The van der Waals surface area contributed by atoms with Gasteiger partial charge in [-0.2, -0.15) is 0 Å². The van der Waals surface area contributed by atoms with Crippen LogP contribution in [0, 0.1) is 5.41 Å². The predicted octanol–water partition coefficient (Wildman–Crippen LogP) is 4.75. The molecule has 4 aromatic carbocycles. The summed E-state index contributed by atoms with van der Waals surface area (Å²) in [6, 6.07) is 27.1. The van der Waals surface area contributed by atoms with E-state index in [4.69, 9.17) is 11.1 Å². The Hall–Kier alpha value is -4.67. The topological polar surface area (TPSA) is 133 Å². The molecule has 0 saturated carbocycles. The van der Waals surface area contributed by atoms with Gasteiger partial charge in [0.15, 0.2) is 0 Å². The van der Waals surface area contributed by atoms with Gasteiger partial charge in [0, 0.05) is 34.7 Å². The van der Waals surface area contributed by atoms with Gasteiger partial charge in [0.1, 0.15) is 11.5 Å². The molecule has 5 N–H and O–H groups in total. The summed E-state index contributed by atoms with van der Waals surface area (Å²) in [7, 11) is -1.73. The number of carbonyl (C=O) groups excluding carboxylic acids is 1. The van der Waals surface area contributed by atoms with E-state index in [1.807, 2.05) is 59.2 Å². The molecule has 1 amide bonds. The van der Waals surface area contributed by atoms with Crippen LogP contribution < -0.4 is 15.8 Å². The molecule has 6 rings (SSSR count). The highest BCUT2D eigenvalue weighted by Crippen LogP contribution is 2.30. The number of amides is 1. The van der Waals surface area contributed by atoms with Crippen LogP contribution in [0.5, 0.6) is 0 Å². The second-order valence-electron chi connectivity index (χ2n) is 11.1. The molecule has 0 aliphatic carbocycles. The normalized spacial score (nSPS) is 14.6. The lowest BCUT2D eigenvalue weighted by molar-refractivity contribution is 0.0908. The minimum atomic E-state index is -3.81. The second-order valence-corrected chi connectivity index (χ2v) is 12.8. The smallest absolute Gasteiger partial charge is 0.268 e. The highest BCUT2D eigenvalue weighted by molar-refractivity contribution is 7.92. The molecule has 0 unspecified atom stereocenters. The fourth-order valence-electron chi connectivity index (χ4n) is 5.76. The maximum atomic E-state index is 13.8. The molecule has 1 aromatic heterocycles. The number of likely N-dealkylation sites (tertiary alicyclic amines) is 1. The van der Waals surface area contributed by atoms with Crippen molar-refractivity contribution in [2.45, 2.75) is 30.3 Å². The number of hydrogen-bond acceptors (Lipinski definition) is 5. The fourth-order valence-corrected chi connectivity index (χ4v) is 6.82. The molecule has 43 heavy (non-hydrogen) atoms. The van der Waals surface area contributed by atoms with E-state index in [1.165, 1.54) is 0 Å². The van der Waals surface area contributed by atoms with E-state index in [0.29, 0.717) is 23.5 Å². The van der Waals surface area contributed by atoms with E-state index in [0.717, 1.165) is 53.2 Å². The van der Waals surface area contributed by atoms with Gasteiger partial charge in [0.2, 0.25) is 0 Å². The van der Waals surface area contributed by atoms with Crippen molar-refractivity contribution in [2.75, 3.05) is 24.9 Å². The summed E-state index contributed by atoms with van der Waals surface area (Å²) in [6.07, 6.45) is 1.76. The van der Waals surface area contributed by atoms with Gasteiger partial charge in [0.05, 0.1) is 4.90 Å². The fraction of sp³-hybridized carbons (Fsp3) is 0.212. The first-order valence-corrected chi connectivity index (χ1v) is 15.7. The lowest BCUT2D eigenvalue weighted by atomic mass is 10.0. The summed E-state index contributed by atoms with van der Waals surface area (Å²) in [5.74, 6) is -0.227. The van der Waals surface area contributed by atoms with Crippen LogP contribution in [-0.4, -0.2) is 55.8 Å². The average Bonchev–Trinajstić information content (AvgIpc) is 3.36. The molecule has 1 fully saturated rings. The third kappa shape index (κ3) is 5.97. The number of fused-ring (bicyclic) bond motifs is 2. The molecule has 1 aliphatic rings. The third-order valence-electron chi connectivity index (χ3n) is 8.08. The molecule has 0 atom stereocenters. The molecule has 5 aromatic rings. The molecular weight excluding hydrogens is 560 g/mol. The minimum Gasteiger partial charge on any atom is -0.384 e. The Morgan fingerprint density at radius 1 is 0.930 bits per heavy atom. The minimum absolute atomic E-state index is 0.0604. The number of sulfonamides is 1. The number of carbonyl (C=O) groups is 1. The van der Waals surface area contributed by atoms with Crippen molar-refractivity contribution in [2.24, 2.45) is 5.73 Å². The van der Waals surface area contributed by atoms with Crippen LogP contribution >= 0.6 is 0 Å². The zero-order valence-corrected chi connectivity index (χ0v) is 24.7. The van der Waals surface area contributed by atoms with Gasteiger partial charge in [-0.05, 0) is 85.7 Å². The summed E-state index contributed by atoms with van der Waals surface area (Å²) in [4.78, 5) is 16.2. The van der Waals surface area contributed by atoms with Gasteiger partial charge in [-0.3, -0.25) is 14.9 Å². The number of aromatic nitrogens is 1. The van der Waals surface area contributed by atoms with Gasteiger partial charge in [-0.15, -0.1) is 0 Å². The highest BCUT2D eigenvalue weighted by Gasteiger charge is 2.23. The lowest BCUT2D eigenvalue weighted by Crippen LogP contribution is -2.43. The summed E-state index contributed by atoms with van der Waals surface area (Å²) < 4.78 is 31.1. The molecular formula is C33H34N6O3S. The van der Waals surface area contributed by atoms with Crippen LogP contribution in [0.15, 0.2) is 95.9 Å². The Labute approximate surface area is 250 Å². The summed E-state index contributed by atoms with van der Waals surface area (Å²) in [5, 5.41) is 13.9. The van der Waals surface area contributed by atoms with Crippen LogP contribution in [0.4, 0.5) is 5.69 Å². The molecule has 9 nitrogen and oxygen atoms in total. The Morgan fingerprint density at radius 3 is 2.40 bits per heavy atom. The molecule has 2 heterocycles. The van der Waals surface area contributed by atoms with Crippen molar-refractivity contribution >= 4 is 49.1 Å². The molecule has 1 aliphatic heterocycles. The largest absolute Gasteiger partial charge is 0.384 e. The van der Waals surface area contributed by atoms with Crippen molar-refractivity contribution < 1.29 is 13.2 Å². The number of nitrogens with one attached hydrogen (secondary N) is 3. The zero-order valence-electron chi connectivity index (χ0n) is 23.9. The number of nitrogens with two attached hydrogens (primary N) is 1. The van der Waals surface area contributed by atoms with Crippen LogP contribution in [0.25, 0.3) is 21.7 Å². The van der Waals surface area contributed by atoms with Gasteiger partial charge in [-0.25, -0.2) is 8.42 Å². The van der Waals surface area contributed by atoms with Gasteiger partial charge >= 0.3 is 0 Å². The first kappa shape index (κ1) is 28.4. The van der Waals surface area contributed by atoms with Crippen molar-refractivity contribution in [3.8, 4) is 0 Å². The van der Waals surface area contributed by atoms with E-state index in [-0.39, 0.29) is 22.7 Å². The Bertz CT molecular complexity index is 1940. The molecule has 220 valence electrons. The second kappa shape index (κ2) is 11.5. The molecule has 0 bridgehead atoms. The number of amidine groups is 1. The molecule has 0 spiro atoms. The maximum Gasteiger partial charge on any atom is 0.268 e. The van der Waals surface area contributed by atoms with Crippen LogP contribution in [0.2, 0.25) is 0 Å². The van der Waals surface area contributed by atoms with E-state index >= 15 is 0 Å². The zero-order chi connectivity index (χ0) is 30.1. The first-order chi connectivity index (χ1) is 20.7. The number of nitrogen functional groups attached to an aromatic ring is 1. The van der Waals surface area contributed by atoms with E-state index < -0.39 is 10.0 Å². The lowest BCUT2D eigenvalue weighted by Gasteiger charge is -2.29. The van der Waals surface area contributed by atoms with E-state index in [9.17, 15) is 13.2 Å². The van der Waals surface area contributed by atoms with Gasteiger partial charge in [-0.1, -0.05) is 54.6 Å². The first-order valence-electron chi connectivity index (χ1n) is 14.2. The summed E-state index contributed by atoms with van der Waals surface area (Å²) >= 11 is 0. The number of hydrogen-bond donors (Lipinski definition) is 4. The molecule has 10 heteroatoms. The number of piperidine rings is 1. The van der Waals surface area contributed by atoms with Crippen molar-refractivity contribution in [3.05, 3.63) is 108 Å². The SMILES string of the molecule is CN1CCC(NC(=O)c2cc3ccc(C(=N)N)cc3n2Cc2cc(NS(=O)(=O)c3ccccc3)cc3ccccc23)CC1. The highest BCUT2D eigenvalue weighted by atomic mass is 32.2. The standard InChI is InChI=1S/C33H34N6O3S/c1-38-15-13-26(14-16-38)36-33(40)31-19-23-11-12-24(32(34)35)20-30(23)39(31)21-25-18-27(17-22-7-5-6-10-29(22)25)37-43(41,42)28-8-3-2-4-9-28/h2-12,17-20,26,37H,13-16,21H2,1H3,(H3,34,35)(H,36,40). The van der Waals surface area contributed by atoms with Crippen LogP contribution in [0.1, 0.15) is 34.5 Å². The maximum absolute atomic E-state index is 13.8. The van der Waals surface area contributed by atoms with E-state index in [2.05, 4.69) is 22.0 Å². The van der Waals surface area contributed by atoms with Crippen molar-refractivity contribution in [1.29, 1.82) is 5.41 Å². The number of rotatable bonds is 8. The quantitative estimate of drug-likeness (QED) is 0.152. The number of anilines is 1. The number of benzene rings is 4. The number of nitrogens with zero attached hydrogens (tertiary/aromatic N) is 2. The monoisotopic (exact) mass is 594 g/mol.